The Hall–Kier alpha value is -1.23. The van der Waals surface area contributed by atoms with Gasteiger partial charge in [-0.2, -0.15) is 4.99 Å². The minimum Gasteiger partial charge on any atom is -0.322 e. The highest BCUT2D eigenvalue weighted by Gasteiger charge is 2.19. The van der Waals surface area contributed by atoms with Crippen molar-refractivity contribution in [1.82, 2.24) is 5.32 Å². The monoisotopic (exact) mass is 155 g/mol. The van der Waals surface area contributed by atoms with Gasteiger partial charge in [0.25, 0.3) is 5.91 Å². The van der Waals surface area contributed by atoms with E-state index < -0.39 is 11.9 Å². The fraction of sp³-hybridized carbons (Fsp3) is 0.500. The zero-order valence-corrected chi connectivity index (χ0v) is 6.13. The Labute approximate surface area is 63.7 Å². The van der Waals surface area contributed by atoms with E-state index in [9.17, 15) is 9.59 Å². The Morgan fingerprint density at radius 2 is 2.27 bits per heavy atom. The largest absolute Gasteiger partial charge is 0.322 e. The molecule has 1 heterocycles. The summed E-state index contributed by atoms with van der Waals surface area (Å²) < 4.78 is 0. The molecule has 1 rings (SSSR count). The van der Waals surface area contributed by atoms with Gasteiger partial charge in [0.1, 0.15) is 12.3 Å². The average Bonchev–Trinajstić information content (AvgIpc) is 1.85. The molecule has 0 saturated carbocycles. The molecule has 60 valence electrons. The predicted octanol–water partition coefficient (Wildman–Crippen LogP) is -1.22. The second kappa shape index (κ2) is 2.79. The second-order valence-electron chi connectivity index (χ2n) is 2.40. The lowest BCUT2D eigenvalue weighted by molar-refractivity contribution is -0.127. The van der Waals surface area contributed by atoms with Gasteiger partial charge >= 0.3 is 0 Å². The van der Waals surface area contributed by atoms with Crippen LogP contribution in [0.2, 0.25) is 0 Å². The van der Waals surface area contributed by atoms with Gasteiger partial charge in [0.05, 0.1) is 6.04 Å². The van der Waals surface area contributed by atoms with Gasteiger partial charge in [0.2, 0.25) is 5.91 Å². The molecule has 2 amide bonds. The van der Waals surface area contributed by atoms with Gasteiger partial charge in [0.15, 0.2) is 0 Å². The molecule has 0 aromatic heterocycles. The third-order valence-electron chi connectivity index (χ3n) is 1.26. The van der Waals surface area contributed by atoms with Gasteiger partial charge in [0, 0.05) is 0 Å². The lowest BCUT2D eigenvalue weighted by Crippen LogP contribution is -2.45. The average molecular weight is 155 g/mol. The summed E-state index contributed by atoms with van der Waals surface area (Å²) in [5, 5.41) is 2.41. The Balaban J connectivity index is 2.80. The highest BCUT2D eigenvalue weighted by Crippen LogP contribution is 1.95. The molecule has 0 saturated heterocycles. The molecule has 1 unspecified atom stereocenters. The Morgan fingerprint density at radius 3 is 2.73 bits per heavy atom. The quantitative estimate of drug-likeness (QED) is 0.465. The molecular weight excluding hydrogens is 146 g/mol. The smallest absolute Gasteiger partial charge is 0.256 e. The maximum absolute atomic E-state index is 10.7. The number of nitrogens with two attached hydrogens (primary N) is 1. The number of rotatable bonds is 1. The van der Waals surface area contributed by atoms with E-state index in [1.165, 1.54) is 0 Å². The van der Waals surface area contributed by atoms with Crippen LogP contribution in [0.4, 0.5) is 0 Å². The molecule has 1 aliphatic rings. The van der Waals surface area contributed by atoms with Gasteiger partial charge in [-0.05, 0) is 6.92 Å². The first-order valence-corrected chi connectivity index (χ1v) is 3.26. The van der Waals surface area contributed by atoms with Crippen molar-refractivity contribution in [2.45, 2.75) is 19.4 Å². The van der Waals surface area contributed by atoms with Gasteiger partial charge in [-0.3, -0.25) is 9.59 Å². The van der Waals surface area contributed by atoms with Crippen molar-refractivity contribution >= 4 is 17.6 Å². The Morgan fingerprint density at radius 1 is 1.64 bits per heavy atom. The first-order valence-electron chi connectivity index (χ1n) is 3.26. The zero-order chi connectivity index (χ0) is 8.43. The van der Waals surface area contributed by atoms with Crippen molar-refractivity contribution in [1.29, 1.82) is 0 Å². The number of nitrogens with one attached hydrogen (secondary N) is 1. The van der Waals surface area contributed by atoms with Crippen LogP contribution < -0.4 is 11.1 Å². The predicted molar refractivity (Wildman–Crippen MR) is 38.9 cm³/mol. The van der Waals surface area contributed by atoms with Gasteiger partial charge in [-0.1, -0.05) is 0 Å². The minimum atomic E-state index is -0.430. The standard InChI is InChI=1S/C6H9N3O2/c1-3(7)6-8-4(10)2-5(11)9-6/h3H,2,7H2,1H3,(H,8,9,10,11). The Bertz CT molecular complexity index is 232. The maximum atomic E-state index is 10.7. The lowest BCUT2D eigenvalue weighted by atomic mass is 10.2. The zero-order valence-electron chi connectivity index (χ0n) is 6.13. The number of carbonyl (C=O) groups excluding carboxylic acids is 2. The summed E-state index contributed by atoms with van der Waals surface area (Å²) in [6, 6.07) is -0.400. The second-order valence-corrected chi connectivity index (χ2v) is 2.40. The summed E-state index contributed by atoms with van der Waals surface area (Å²) in [5.74, 6) is -0.510. The van der Waals surface area contributed by atoms with Crippen molar-refractivity contribution in [3.63, 3.8) is 0 Å². The number of amides is 2. The maximum Gasteiger partial charge on any atom is 0.256 e. The minimum absolute atomic E-state index is 0.170. The molecule has 5 heteroatoms. The fourth-order valence-electron chi connectivity index (χ4n) is 0.742. The van der Waals surface area contributed by atoms with E-state index in [1.54, 1.807) is 6.92 Å². The third kappa shape index (κ3) is 1.84. The molecular formula is C6H9N3O2. The third-order valence-corrected chi connectivity index (χ3v) is 1.26. The van der Waals surface area contributed by atoms with E-state index in [-0.39, 0.29) is 18.2 Å². The van der Waals surface area contributed by atoms with Crippen LogP contribution >= 0.6 is 0 Å². The summed E-state index contributed by atoms with van der Waals surface area (Å²) in [6.07, 6.45) is -0.170. The van der Waals surface area contributed by atoms with Crippen molar-refractivity contribution in [3.8, 4) is 0 Å². The van der Waals surface area contributed by atoms with Crippen molar-refractivity contribution in [2.75, 3.05) is 0 Å². The van der Waals surface area contributed by atoms with Gasteiger partial charge in [-0.15, -0.1) is 0 Å². The first-order chi connectivity index (χ1) is 5.09. The fourth-order valence-corrected chi connectivity index (χ4v) is 0.742. The number of hydrogen-bond donors (Lipinski definition) is 2. The lowest BCUT2D eigenvalue weighted by Gasteiger charge is -2.14. The summed E-state index contributed by atoms with van der Waals surface area (Å²) >= 11 is 0. The van der Waals surface area contributed by atoms with Crippen molar-refractivity contribution in [2.24, 2.45) is 10.7 Å². The topological polar surface area (TPSA) is 84.5 Å². The van der Waals surface area contributed by atoms with E-state index in [2.05, 4.69) is 10.3 Å². The van der Waals surface area contributed by atoms with Crippen LogP contribution in [0.3, 0.4) is 0 Å². The highest BCUT2D eigenvalue weighted by molar-refractivity contribution is 6.15. The molecule has 5 nitrogen and oxygen atoms in total. The number of amidine groups is 1. The van der Waals surface area contributed by atoms with Crippen LogP contribution in [0.25, 0.3) is 0 Å². The summed E-state index contributed by atoms with van der Waals surface area (Å²) in [5.41, 5.74) is 5.39. The molecule has 0 bridgehead atoms. The molecule has 1 atom stereocenters. The van der Waals surface area contributed by atoms with Crippen LogP contribution in [0, 0.1) is 0 Å². The number of nitrogens with zero attached hydrogens (tertiary/aromatic N) is 1. The molecule has 0 spiro atoms. The summed E-state index contributed by atoms with van der Waals surface area (Å²) in [6.45, 7) is 1.65. The highest BCUT2D eigenvalue weighted by atomic mass is 16.2. The van der Waals surface area contributed by atoms with Crippen LogP contribution in [-0.2, 0) is 9.59 Å². The molecule has 0 aliphatic carbocycles. The van der Waals surface area contributed by atoms with E-state index >= 15 is 0 Å². The summed E-state index contributed by atoms with van der Waals surface area (Å²) in [4.78, 5) is 25.0. The first kappa shape index (κ1) is 7.87. The van der Waals surface area contributed by atoms with Crippen molar-refractivity contribution in [3.05, 3.63) is 0 Å². The van der Waals surface area contributed by atoms with Gasteiger partial charge < -0.3 is 11.1 Å². The molecule has 0 aromatic carbocycles. The van der Waals surface area contributed by atoms with Crippen LogP contribution in [0.5, 0.6) is 0 Å². The van der Waals surface area contributed by atoms with E-state index in [1.807, 2.05) is 0 Å². The normalized spacial score (nSPS) is 20.7. The molecule has 1 aliphatic heterocycles. The van der Waals surface area contributed by atoms with Gasteiger partial charge in [-0.25, -0.2) is 0 Å². The molecule has 0 radical (unpaired) electrons. The van der Waals surface area contributed by atoms with Crippen LogP contribution in [-0.4, -0.2) is 23.7 Å². The van der Waals surface area contributed by atoms with Crippen molar-refractivity contribution < 1.29 is 9.59 Å². The molecule has 3 N–H and O–H groups in total. The van der Waals surface area contributed by atoms with E-state index in [0.717, 1.165) is 0 Å². The van der Waals surface area contributed by atoms with Crippen LogP contribution in [0.1, 0.15) is 13.3 Å². The number of aliphatic imine (C=N–C) groups is 1. The Kier molecular flexibility index (Phi) is 2.00. The summed E-state index contributed by atoms with van der Waals surface area (Å²) in [7, 11) is 0. The van der Waals surface area contributed by atoms with Crippen LogP contribution in [0.15, 0.2) is 4.99 Å². The SMILES string of the molecule is CC(N)C1=NC(=O)CC(=O)N1. The van der Waals surface area contributed by atoms with E-state index in [4.69, 9.17) is 5.73 Å². The molecule has 11 heavy (non-hydrogen) atoms. The molecule has 0 aromatic rings. The number of hydrogen-bond acceptors (Lipinski definition) is 3. The number of carbonyl (C=O) groups is 2. The van der Waals surface area contributed by atoms with E-state index in [0.29, 0.717) is 0 Å². The molecule has 0 fully saturated rings.